The second kappa shape index (κ2) is 4.44. The lowest BCUT2D eigenvalue weighted by atomic mass is 10.2. The molecule has 0 aromatic carbocycles. The van der Waals surface area contributed by atoms with Crippen LogP contribution in [0, 0.1) is 0 Å². The lowest BCUT2D eigenvalue weighted by molar-refractivity contribution is 0.108. The van der Waals surface area contributed by atoms with Gasteiger partial charge in [0.2, 0.25) is 0 Å². The monoisotopic (exact) mass is 208 g/mol. The maximum Gasteiger partial charge on any atom is 0.149 e. The third-order valence-corrected chi connectivity index (χ3v) is 2.76. The molecule has 1 aliphatic carbocycles. The first-order valence-electron chi connectivity index (χ1n) is 5.16. The number of nitrogen functional groups attached to an aromatic ring is 1. The molecule has 82 valence electrons. The van der Waals surface area contributed by atoms with Crippen LogP contribution in [0.5, 0.6) is 0 Å². The second-order valence-electron chi connectivity index (χ2n) is 3.86. The molecule has 15 heavy (non-hydrogen) atoms. The number of anilines is 2. The van der Waals surface area contributed by atoms with E-state index in [0.29, 0.717) is 18.0 Å². The van der Waals surface area contributed by atoms with Gasteiger partial charge in [0.15, 0.2) is 0 Å². The summed E-state index contributed by atoms with van der Waals surface area (Å²) in [4.78, 5) is 0. The summed E-state index contributed by atoms with van der Waals surface area (Å²) in [6.07, 6.45) is 3.63. The summed E-state index contributed by atoms with van der Waals surface area (Å²) >= 11 is 0. The van der Waals surface area contributed by atoms with Gasteiger partial charge < -0.3 is 15.8 Å². The quantitative estimate of drug-likeness (QED) is 0.776. The molecule has 3 N–H and O–H groups in total. The summed E-state index contributed by atoms with van der Waals surface area (Å²) < 4.78 is 5.30. The van der Waals surface area contributed by atoms with Crippen LogP contribution in [0.4, 0.5) is 11.6 Å². The molecular formula is C10H16N4O. The van der Waals surface area contributed by atoms with Crippen molar-refractivity contribution in [3.05, 3.63) is 12.1 Å². The summed E-state index contributed by atoms with van der Waals surface area (Å²) in [5.74, 6) is 1.23. The number of nitrogens with zero attached hydrogens (tertiary/aromatic N) is 2. The molecule has 5 heteroatoms. The van der Waals surface area contributed by atoms with Gasteiger partial charge in [-0.3, -0.25) is 0 Å². The van der Waals surface area contributed by atoms with Gasteiger partial charge in [0.25, 0.3) is 0 Å². The Labute approximate surface area is 89.0 Å². The first-order valence-corrected chi connectivity index (χ1v) is 5.16. The summed E-state index contributed by atoms with van der Waals surface area (Å²) in [5.41, 5.74) is 5.46. The van der Waals surface area contributed by atoms with Crippen molar-refractivity contribution in [3.63, 3.8) is 0 Å². The molecule has 0 spiro atoms. The molecule has 1 fully saturated rings. The smallest absolute Gasteiger partial charge is 0.149 e. The van der Waals surface area contributed by atoms with Crippen molar-refractivity contribution in [2.75, 3.05) is 18.2 Å². The maximum absolute atomic E-state index is 5.46. The average Bonchev–Trinajstić information content (AvgIpc) is 2.69. The fourth-order valence-electron chi connectivity index (χ4n) is 1.91. The van der Waals surface area contributed by atoms with Crippen LogP contribution in [0.15, 0.2) is 12.1 Å². The molecule has 0 saturated heterocycles. The minimum absolute atomic E-state index is 0.379. The zero-order chi connectivity index (χ0) is 10.7. The van der Waals surface area contributed by atoms with Crippen molar-refractivity contribution >= 4 is 11.6 Å². The Morgan fingerprint density at radius 1 is 1.40 bits per heavy atom. The van der Waals surface area contributed by atoms with Crippen molar-refractivity contribution in [1.82, 2.24) is 10.2 Å². The topological polar surface area (TPSA) is 73.1 Å². The van der Waals surface area contributed by atoms with E-state index in [-0.39, 0.29) is 0 Å². The summed E-state index contributed by atoms with van der Waals surface area (Å²) in [5, 5.41) is 11.1. The van der Waals surface area contributed by atoms with Gasteiger partial charge in [0, 0.05) is 13.2 Å². The maximum atomic E-state index is 5.46. The highest BCUT2D eigenvalue weighted by molar-refractivity contribution is 5.39. The number of nitrogens with two attached hydrogens (primary N) is 1. The molecule has 5 nitrogen and oxygen atoms in total. The lowest BCUT2D eigenvalue weighted by Crippen LogP contribution is -2.18. The number of rotatable bonds is 3. The van der Waals surface area contributed by atoms with Gasteiger partial charge in [-0.1, -0.05) is 0 Å². The van der Waals surface area contributed by atoms with Gasteiger partial charge in [-0.25, -0.2) is 0 Å². The van der Waals surface area contributed by atoms with E-state index in [4.69, 9.17) is 10.5 Å². The van der Waals surface area contributed by atoms with Crippen molar-refractivity contribution < 1.29 is 4.74 Å². The Morgan fingerprint density at radius 2 is 2.27 bits per heavy atom. The molecular weight excluding hydrogens is 192 g/mol. The summed E-state index contributed by atoms with van der Waals surface area (Å²) in [6.45, 7) is 0. The Kier molecular flexibility index (Phi) is 3.01. The van der Waals surface area contributed by atoms with E-state index >= 15 is 0 Å². The van der Waals surface area contributed by atoms with Gasteiger partial charge in [-0.15, -0.1) is 10.2 Å². The molecule has 0 aliphatic heterocycles. The fraction of sp³-hybridized carbons (Fsp3) is 0.600. The highest BCUT2D eigenvalue weighted by Gasteiger charge is 2.24. The number of aromatic nitrogens is 2. The van der Waals surface area contributed by atoms with Crippen LogP contribution in [0.2, 0.25) is 0 Å². The molecule has 1 aliphatic rings. The Balaban J connectivity index is 1.90. The third-order valence-electron chi connectivity index (χ3n) is 2.76. The van der Waals surface area contributed by atoms with Gasteiger partial charge in [-0.2, -0.15) is 0 Å². The molecule has 0 amide bonds. The van der Waals surface area contributed by atoms with Crippen molar-refractivity contribution in [2.45, 2.75) is 31.4 Å². The van der Waals surface area contributed by atoms with Crippen LogP contribution in [0.3, 0.4) is 0 Å². The SMILES string of the molecule is COC1CCC(Nc2ccc(N)nn2)C1. The number of hydrogen-bond acceptors (Lipinski definition) is 5. The second-order valence-corrected chi connectivity index (χ2v) is 3.86. The molecule has 0 radical (unpaired) electrons. The first kappa shape index (κ1) is 10.2. The number of ether oxygens (including phenoxy) is 1. The minimum atomic E-state index is 0.379. The van der Waals surface area contributed by atoms with Crippen LogP contribution in [-0.2, 0) is 4.74 Å². The van der Waals surface area contributed by atoms with E-state index in [1.54, 1.807) is 13.2 Å². The zero-order valence-corrected chi connectivity index (χ0v) is 8.81. The van der Waals surface area contributed by atoms with Gasteiger partial charge in [0.1, 0.15) is 11.6 Å². The van der Waals surface area contributed by atoms with Crippen molar-refractivity contribution in [3.8, 4) is 0 Å². The van der Waals surface area contributed by atoms with E-state index in [0.717, 1.165) is 25.1 Å². The predicted molar refractivity (Wildman–Crippen MR) is 58.5 cm³/mol. The average molecular weight is 208 g/mol. The molecule has 1 heterocycles. The lowest BCUT2D eigenvalue weighted by Gasteiger charge is -2.12. The van der Waals surface area contributed by atoms with Gasteiger partial charge >= 0.3 is 0 Å². The van der Waals surface area contributed by atoms with Crippen LogP contribution in [0.25, 0.3) is 0 Å². The van der Waals surface area contributed by atoms with E-state index in [1.165, 1.54) is 0 Å². The van der Waals surface area contributed by atoms with Gasteiger partial charge in [-0.05, 0) is 31.4 Å². The Morgan fingerprint density at radius 3 is 2.87 bits per heavy atom. The molecule has 1 aromatic heterocycles. The predicted octanol–water partition coefficient (Wildman–Crippen LogP) is 1.04. The van der Waals surface area contributed by atoms with E-state index in [1.807, 2.05) is 6.07 Å². The normalized spacial score (nSPS) is 25.4. The minimum Gasteiger partial charge on any atom is -0.382 e. The molecule has 2 rings (SSSR count). The zero-order valence-electron chi connectivity index (χ0n) is 8.81. The summed E-state index contributed by atoms with van der Waals surface area (Å²) in [6, 6.07) is 4.04. The van der Waals surface area contributed by atoms with Gasteiger partial charge in [0.05, 0.1) is 6.10 Å². The molecule has 0 bridgehead atoms. The van der Waals surface area contributed by atoms with Crippen LogP contribution in [-0.4, -0.2) is 29.5 Å². The van der Waals surface area contributed by atoms with Crippen LogP contribution in [0.1, 0.15) is 19.3 Å². The molecule has 2 atom stereocenters. The molecule has 1 aromatic rings. The fourth-order valence-corrected chi connectivity index (χ4v) is 1.91. The van der Waals surface area contributed by atoms with Crippen molar-refractivity contribution in [2.24, 2.45) is 0 Å². The largest absolute Gasteiger partial charge is 0.382 e. The Bertz CT molecular complexity index is 314. The number of nitrogens with one attached hydrogen (secondary N) is 1. The van der Waals surface area contributed by atoms with Crippen LogP contribution >= 0.6 is 0 Å². The van der Waals surface area contributed by atoms with E-state index in [2.05, 4.69) is 15.5 Å². The van der Waals surface area contributed by atoms with E-state index < -0.39 is 0 Å². The van der Waals surface area contributed by atoms with E-state index in [9.17, 15) is 0 Å². The third kappa shape index (κ3) is 2.56. The van der Waals surface area contributed by atoms with Crippen LogP contribution < -0.4 is 11.1 Å². The highest BCUT2D eigenvalue weighted by Crippen LogP contribution is 2.23. The number of hydrogen-bond donors (Lipinski definition) is 2. The van der Waals surface area contributed by atoms with Crippen molar-refractivity contribution in [1.29, 1.82) is 0 Å². The summed E-state index contributed by atoms with van der Waals surface area (Å²) in [7, 11) is 1.76. The standard InChI is InChI=1S/C10H16N4O/c1-15-8-3-2-7(6-8)12-10-5-4-9(11)13-14-10/h4-5,7-8H,2-3,6H2,1H3,(H2,11,13)(H,12,14). The Hall–Kier alpha value is -1.36. The molecule has 1 saturated carbocycles. The molecule has 2 unspecified atom stereocenters. The number of methoxy groups -OCH3 is 1. The first-order chi connectivity index (χ1) is 7.28. The highest BCUT2D eigenvalue weighted by atomic mass is 16.5.